The summed E-state index contributed by atoms with van der Waals surface area (Å²) in [6.07, 6.45) is 3.19. The minimum atomic E-state index is -0.840. The highest BCUT2D eigenvalue weighted by Crippen LogP contribution is 2.19. The Morgan fingerprint density at radius 1 is 1.14 bits per heavy atom. The molecule has 1 saturated carbocycles. The molecule has 156 valence electrons. The third-order valence-corrected chi connectivity index (χ3v) is 4.96. The van der Waals surface area contributed by atoms with Crippen LogP contribution >= 0.6 is 0 Å². The topological polar surface area (TPSA) is 98.3 Å². The average Bonchev–Trinajstić information content (AvgIpc) is 3.22. The fourth-order valence-corrected chi connectivity index (χ4v) is 3.42. The summed E-state index contributed by atoms with van der Waals surface area (Å²) in [6, 6.07) is 9.16. The number of alkyl carbamates (subject to hydrolysis) is 1. The van der Waals surface area contributed by atoms with Crippen LogP contribution in [-0.2, 0) is 25.5 Å². The largest absolute Gasteiger partial charge is 0.441 e. The van der Waals surface area contributed by atoms with Gasteiger partial charge in [-0.15, -0.1) is 0 Å². The monoisotopic (exact) mass is 394 g/mol. The average molecular weight is 394 g/mol. The Balaban J connectivity index is 1.51. The molecule has 1 heterocycles. The van der Waals surface area contributed by atoms with E-state index in [2.05, 4.69) is 10.8 Å². The zero-order valence-electron chi connectivity index (χ0n) is 16.0. The van der Waals surface area contributed by atoms with Crippen molar-refractivity contribution in [1.82, 2.24) is 10.8 Å². The maximum absolute atomic E-state index is 12.3. The number of aliphatic hydroxyl groups is 1. The highest BCUT2D eigenvalue weighted by molar-refractivity contribution is 5.68. The molecule has 1 aromatic carbocycles. The molecule has 2 fully saturated rings. The zero-order chi connectivity index (χ0) is 19.6. The Bertz CT molecular complexity index is 575. The van der Waals surface area contributed by atoms with Gasteiger partial charge in [0.15, 0.2) is 6.10 Å². The highest BCUT2D eigenvalue weighted by Gasteiger charge is 2.26. The van der Waals surface area contributed by atoms with Crippen molar-refractivity contribution < 1.29 is 28.9 Å². The molecule has 0 spiro atoms. The van der Waals surface area contributed by atoms with E-state index in [4.69, 9.17) is 19.0 Å². The Morgan fingerprint density at radius 3 is 2.57 bits per heavy atom. The first-order chi connectivity index (χ1) is 13.7. The Kier molecular flexibility index (Phi) is 8.50. The first-order valence-corrected chi connectivity index (χ1v) is 9.94. The number of benzene rings is 1. The maximum Gasteiger partial charge on any atom is 0.407 e. The summed E-state index contributed by atoms with van der Waals surface area (Å²) < 4.78 is 15.6. The molecule has 8 nitrogen and oxygen atoms in total. The molecule has 0 radical (unpaired) electrons. The standard InChI is InChI=1S/C20H30N2O6/c23-19(11-21-28-16-8-4-5-9-16)18(10-15-6-2-1-3-7-15)22-20(24)27-17-12-25-14-26-13-17/h1-3,6-7,16-19,21,23H,4-5,8-14H2,(H,22,24)/t18-,19-/m0/s1. The van der Waals surface area contributed by atoms with E-state index < -0.39 is 24.3 Å². The van der Waals surface area contributed by atoms with E-state index in [0.29, 0.717) is 19.6 Å². The molecule has 0 aromatic heterocycles. The van der Waals surface area contributed by atoms with E-state index in [1.807, 2.05) is 30.3 Å². The normalized spacial score (nSPS) is 20.6. The fraction of sp³-hybridized carbons (Fsp3) is 0.650. The van der Waals surface area contributed by atoms with Crippen molar-refractivity contribution in [3.8, 4) is 0 Å². The number of ether oxygens (including phenoxy) is 3. The predicted octanol–water partition coefficient (Wildman–Crippen LogP) is 1.52. The second-order valence-electron chi connectivity index (χ2n) is 7.27. The van der Waals surface area contributed by atoms with Crippen LogP contribution in [0.15, 0.2) is 30.3 Å². The van der Waals surface area contributed by atoms with Crippen LogP contribution in [-0.4, -0.2) is 62.1 Å². The molecular formula is C20H30N2O6. The van der Waals surface area contributed by atoms with Gasteiger partial charge in [0.2, 0.25) is 0 Å². The summed E-state index contributed by atoms with van der Waals surface area (Å²) in [5, 5.41) is 13.4. The first kappa shape index (κ1) is 21.0. The SMILES string of the molecule is O=C(N[C@@H](Cc1ccccc1)[C@@H](O)CNOC1CCCC1)OC1COCOC1. The second kappa shape index (κ2) is 11.3. The van der Waals surface area contributed by atoms with Gasteiger partial charge in [0.25, 0.3) is 0 Å². The third kappa shape index (κ3) is 7.03. The molecule has 2 atom stereocenters. The molecule has 0 unspecified atom stereocenters. The second-order valence-corrected chi connectivity index (χ2v) is 7.27. The minimum absolute atomic E-state index is 0.198. The van der Waals surface area contributed by atoms with Gasteiger partial charge in [-0.2, -0.15) is 5.48 Å². The lowest BCUT2D eigenvalue weighted by atomic mass is 10.0. The van der Waals surface area contributed by atoms with Crippen molar-refractivity contribution in [2.45, 2.75) is 56.5 Å². The number of amides is 1. The predicted molar refractivity (Wildman–Crippen MR) is 101 cm³/mol. The Hall–Kier alpha value is -1.71. The third-order valence-electron chi connectivity index (χ3n) is 4.96. The molecule has 1 amide bonds. The minimum Gasteiger partial charge on any atom is -0.441 e. The Labute approximate surface area is 165 Å². The van der Waals surface area contributed by atoms with Crippen LogP contribution in [0.2, 0.25) is 0 Å². The number of aliphatic hydroxyl groups excluding tert-OH is 1. The summed E-state index contributed by atoms with van der Waals surface area (Å²) in [6.45, 7) is 1.03. The van der Waals surface area contributed by atoms with Gasteiger partial charge >= 0.3 is 6.09 Å². The number of hydroxylamine groups is 1. The van der Waals surface area contributed by atoms with Crippen molar-refractivity contribution in [1.29, 1.82) is 0 Å². The smallest absolute Gasteiger partial charge is 0.407 e. The van der Waals surface area contributed by atoms with Gasteiger partial charge in [-0.1, -0.05) is 43.2 Å². The van der Waals surface area contributed by atoms with Crippen molar-refractivity contribution in [3.63, 3.8) is 0 Å². The number of nitrogens with one attached hydrogen (secondary N) is 2. The molecule has 8 heteroatoms. The molecule has 1 aliphatic carbocycles. The highest BCUT2D eigenvalue weighted by atomic mass is 16.7. The summed E-state index contributed by atoms with van der Waals surface area (Å²) in [5.41, 5.74) is 3.87. The number of carbonyl (C=O) groups excluding carboxylic acids is 1. The lowest BCUT2D eigenvalue weighted by Crippen LogP contribution is -2.50. The summed E-state index contributed by atoms with van der Waals surface area (Å²) in [7, 11) is 0. The van der Waals surface area contributed by atoms with Gasteiger partial charge in [-0.05, 0) is 24.8 Å². The first-order valence-electron chi connectivity index (χ1n) is 9.94. The van der Waals surface area contributed by atoms with Crippen LogP contribution in [0.1, 0.15) is 31.2 Å². The van der Waals surface area contributed by atoms with Crippen LogP contribution in [0.25, 0.3) is 0 Å². The lowest BCUT2D eigenvalue weighted by Gasteiger charge is -2.27. The van der Waals surface area contributed by atoms with Crippen LogP contribution in [0, 0.1) is 0 Å². The molecular weight excluding hydrogens is 364 g/mol. The van der Waals surface area contributed by atoms with Gasteiger partial charge in [-0.3, -0.25) is 4.84 Å². The number of rotatable bonds is 9. The summed E-state index contributed by atoms with van der Waals surface area (Å²) in [5.74, 6) is 0. The summed E-state index contributed by atoms with van der Waals surface area (Å²) >= 11 is 0. The fourth-order valence-electron chi connectivity index (χ4n) is 3.42. The van der Waals surface area contributed by atoms with Gasteiger partial charge in [0.05, 0.1) is 31.5 Å². The molecule has 0 bridgehead atoms. The molecule has 2 aliphatic rings. The van der Waals surface area contributed by atoms with Crippen molar-refractivity contribution in [2.75, 3.05) is 26.6 Å². The van der Waals surface area contributed by atoms with Crippen LogP contribution in [0.3, 0.4) is 0 Å². The van der Waals surface area contributed by atoms with Gasteiger partial charge in [-0.25, -0.2) is 4.79 Å². The molecule has 1 saturated heterocycles. The van der Waals surface area contributed by atoms with Crippen LogP contribution in [0.4, 0.5) is 4.79 Å². The van der Waals surface area contributed by atoms with Crippen LogP contribution < -0.4 is 10.8 Å². The maximum atomic E-state index is 12.3. The molecule has 3 rings (SSSR count). The van der Waals surface area contributed by atoms with Gasteiger partial charge < -0.3 is 24.6 Å². The molecule has 1 aliphatic heterocycles. The Morgan fingerprint density at radius 2 is 1.86 bits per heavy atom. The molecule has 1 aromatic rings. The quantitative estimate of drug-likeness (QED) is 0.546. The number of hydrogen-bond acceptors (Lipinski definition) is 7. The van der Waals surface area contributed by atoms with E-state index in [9.17, 15) is 9.90 Å². The van der Waals surface area contributed by atoms with Crippen LogP contribution in [0.5, 0.6) is 0 Å². The van der Waals surface area contributed by atoms with Crippen molar-refractivity contribution in [2.24, 2.45) is 0 Å². The van der Waals surface area contributed by atoms with E-state index in [1.165, 1.54) is 12.8 Å². The van der Waals surface area contributed by atoms with E-state index >= 15 is 0 Å². The van der Waals surface area contributed by atoms with E-state index in [0.717, 1.165) is 18.4 Å². The number of carbonyl (C=O) groups is 1. The number of hydrogen-bond donors (Lipinski definition) is 3. The molecule has 3 N–H and O–H groups in total. The lowest BCUT2D eigenvalue weighted by molar-refractivity contribution is -0.151. The molecule has 28 heavy (non-hydrogen) atoms. The van der Waals surface area contributed by atoms with E-state index in [1.54, 1.807) is 0 Å². The zero-order valence-corrected chi connectivity index (χ0v) is 16.0. The van der Waals surface area contributed by atoms with Crippen molar-refractivity contribution >= 4 is 6.09 Å². The van der Waals surface area contributed by atoms with Gasteiger partial charge in [0, 0.05) is 6.54 Å². The summed E-state index contributed by atoms with van der Waals surface area (Å²) in [4.78, 5) is 17.9. The van der Waals surface area contributed by atoms with E-state index in [-0.39, 0.29) is 19.4 Å². The van der Waals surface area contributed by atoms with Gasteiger partial charge in [0.1, 0.15) is 6.79 Å². The van der Waals surface area contributed by atoms with Crippen molar-refractivity contribution in [3.05, 3.63) is 35.9 Å².